The van der Waals surface area contributed by atoms with Gasteiger partial charge in [-0.05, 0) is 107 Å². The lowest BCUT2D eigenvalue weighted by Crippen LogP contribution is -2.50. The van der Waals surface area contributed by atoms with Crippen LogP contribution < -0.4 is 0 Å². The summed E-state index contributed by atoms with van der Waals surface area (Å²) in [6, 6.07) is 6.18. The molecule has 3 aliphatic carbocycles. The smallest absolute Gasteiger partial charge is 0.337 e. The van der Waals surface area contributed by atoms with Gasteiger partial charge in [0.25, 0.3) is 0 Å². The van der Waals surface area contributed by atoms with Crippen LogP contribution in [-0.4, -0.2) is 34.0 Å². The first kappa shape index (κ1) is 22.8. The second-order valence-corrected chi connectivity index (χ2v) is 11.0. The second-order valence-electron chi connectivity index (χ2n) is 11.0. The van der Waals surface area contributed by atoms with Crippen LogP contribution in [0.1, 0.15) is 99.7 Å². The van der Waals surface area contributed by atoms with Crippen molar-refractivity contribution in [3.05, 3.63) is 34.4 Å². The molecule has 172 valence electrons. The molecule has 5 heteroatoms. The van der Waals surface area contributed by atoms with Crippen molar-refractivity contribution in [2.45, 2.75) is 91.1 Å². The van der Waals surface area contributed by atoms with Crippen molar-refractivity contribution in [2.75, 3.05) is 0 Å². The van der Waals surface area contributed by atoms with E-state index in [1.54, 1.807) is 6.07 Å². The highest BCUT2D eigenvalue weighted by Crippen LogP contribution is 2.63. The average Bonchev–Trinajstić information content (AvgIpc) is 3.09. The van der Waals surface area contributed by atoms with Crippen LogP contribution in [0.25, 0.3) is 0 Å². The van der Waals surface area contributed by atoms with Gasteiger partial charge in [0.1, 0.15) is 6.07 Å². The van der Waals surface area contributed by atoms with Gasteiger partial charge in [-0.2, -0.15) is 5.26 Å². The Balaban J connectivity index is 1.65. The molecule has 0 spiro atoms. The number of nitriles is 1. The van der Waals surface area contributed by atoms with E-state index in [0.717, 1.165) is 44.1 Å². The largest absolute Gasteiger partial charge is 0.478 e. The van der Waals surface area contributed by atoms with Crippen molar-refractivity contribution >= 4 is 11.9 Å². The maximum absolute atomic E-state index is 13.7. The van der Waals surface area contributed by atoms with Crippen LogP contribution in [0.4, 0.5) is 0 Å². The number of carboxylic acids is 1. The fourth-order valence-corrected chi connectivity index (χ4v) is 7.66. The zero-order valence-electron chi connectivity index (χ0n) is 20.0. The molecule has 5 nitrogen and oxygen atoms in total. The lowest BCUT2D eigenvalue weighted by Gasteiger charge is -2.51. The van der Waals surface area contributed by atoms with Crippen molar-refractivity contribution in [2.24, 2.45) is 23.2 Å². The minimum atomic E-state index is -1.03. The Morgan fingerprint density at radius 1 is 1.12 bits per heavy atom. The minimum Gasteiger partial charge on any atom is -0.478 e. The summed E-state index contributed by atoms with van der Waals surface area (Å²) in [7, 11) is 0. The molecule has 0 saturated heterocycles. The van der Waals surface area contributed by atoms with Gasteiger partial charge in [0.2, 0.25) is 5.91 Å². The molecule has 5 atom stereocenters. The first-order valence-corrected chi connectivity index (χ1v) is 12.2. The number of fused-ring (bicyclic) bond motifs is 5. The van der Waals surface area contributed by atoms with Crippen molar-refractivity contribution in [1.82, 2.24) is 4.90 Å². The summed E-state index contributed by atoms with van der Waals surface area (Å²) in [4.78, 5) is 27.3. The monoisotopic (exact) mass is 436 g/mol. The third kappa shape index (κ3) is 3.34. The van der Waals surface area contributed by atoms with Crippen molar-refractivity contribution in [3.63, 3.8) is 0 Å². The summed E-state index contributed by atoms with van der Waals surface area (Å²) >= 11 is 0. The number of hydrogen-bond acceptors (Lipinski definition) is 3. The highest BCUT2D eigenvalue weighted by molar-refractivity contribution is 5.91. The number of hydrogen-bond donors (Lipinski definition) is 1. The van der Waals surface area contributed by atoms with E-state index in [4.69, 9.17) is 0 Å². The molecule has 1 amide bonds. The third-order valence-electron chi connectivity index (χ3n) is 8.92. The SMILES string of the molecule is CC(C)N(C(=O)[C@H]1CC[C@H]2[C@@H]3CCc4c(ccc(C(=O)O)c4C#N)[C@H]3CC[C@]12C)C(C)C. The van der Waals surface area contributed by atoms with E-state index in [1.165, 1.54) is 5.56 Å². The van der Waals surface area contributed by atoms with Crippen LogP contribution in [0, 0.1) is 34.5 Å². The Bertz CT molecular complexity index is 968. The average molecular weight is 437 g/mol. The van der Waals surface area contributed by atoms with Gasteiger partial charge in [-0.25, -0.2) is 4.79 Å². The van der Waals surface area contributed by atoms with E-state index >= 15 is 0 Å². The summed E-state index contributed by atoms with van der Waals surface area (Å²) in [6.45, 7) is 10.8. The molecule has 2 saturated carbocycles. The number of rotatable bonds is 4. The van der Waals surface area contributed by atoms with E-state index < -0.39 is 5.97 Å². The van der Waals surface area contributed by atoms with E-state index in [-0.39, 0.29) is 29.0 Å². The Morgan fingerprint density at radius 2 is 1.81 bits per heavy atom. The molecule has 0 bridgehead atoms. The first-order chi connectivity index (χ1) is 15.1. The molecule has 0 aliphatic heterocycles. The summed E-state index contributed by atoms with van der Waals surface area (Å²) < 4.78 is 0. The molecule has 1 aromatic carbocycles. The van der Waals surface area contributed by atoms with Gasteiger partial charge in [-0.1, -0.05) is 13.0 Å². The Hall–Kier alpha value is -2.35. The van der Waals surface area contributed by atoms with Gasteiger partial charge in [0.15, 0.2) is 0 Å². The molecule has 4 rings (SSSR count). The summed E-state index contributed by atoms with van der Waals surface area (Å²) in [5.41, 5.74) is 2.64. The van der Waals surface area contributed by atoms with Crippen molar-refractivity contribution in [3.8, 4) is 6.07 Å². The Kier molecular flexibility index (Phi) is 5.86. The van der Waals surface area contributed by atoms with Gasteiger partial charge in [-0.3, -0.25) is 4.79 Å². The molecule has 0 aromatic heterocycles. The predicted octanol–water partition coefficient (Wildman–Crippen LogP) is 5.37. The second kappa shape index (κ2) is 8.21. The Labute approximate surface area is 191 Å². The number of amides is 1. The first-order valence-electron chi connectivity index (χ1n) is 12.2. The lowest BCUT2D eigenvalue weighted by atomic mass is 9.54. The summed E-state index contributed by atoms with van der Waals surface area (Å²) in [6.07, 6.45) is 5.82. The van der Waals surface area contributed by atoms with Gasteiger partial charge in [-0.15, -0.1) is 0 Å². The van der Waals surface area contributed by atoms with Crippen LogP contribution in [0.3, 0.4) is 0 Å². The van der Waals surface area contributed by atoms with Gasteiger partial charge in [0, 0.05) is 18.0 Å². The molecule has 32 heavy (non-hydrogen) atoms. The van der Waals surface area contributed by atoms with Gasteiger partial charge in [0.05, 0.1) is 11.1 Å². The highest BCUT2D eigenvalue weighted by atomic mass is 16.4. The maximum atomic E-state index is 13.7. The molecule has 0 radical (unpaired) electrons. The normalized spacial score (nSPS) is 30.9. The van der Waals surface area contributed by atoms with Gasteiger partial charge >= 0.3 is 5.97 Å². The quantitative estimate of drug-likeness (QED) is 0.687. The lowest BCUT2D eigenvalue weighted by molar-refractivity contribution is -0.144. The Morgan fingerprint density at radius 3 is 2.41 bits per heavy atom. The molecule has 1 aromatic rings. The van der Waals surface area contributed by atoms with Crippen LogP contribution in [0.15, 0.2) is 12.1 Å². The van der Waals surface area contributed by atoms with Crippen molar-refractivity contribution < 1.29 is 14.7 Å². The third-order valence-corrected chi connectivity index (χ3v) is 8.92. The standard InChI is InChI=1S/C27H36N2O3/c1-15(2)29(16(3)4)25(30)24-11-10-23-20-8-6-18-17(19(20)12-13-27(23,24)5)7-9-21(26(31)32)22(18)14-28/h7,9,15-16,19-20,23-24H,6,8,10-13H2,1-5H3,(H,31,32)/t19-,20-,23+,24-,27+/m1/s1. The zero-order valence-corrected chi connectivity index (χ0v) is 20.0. The van der Waals surface area contributed by atoms with Crippen LogP contribution in [0.5, 0.6) is 0 Å². The van der Waals surface area contributed by atoms with E-state index in [2.05, 4.69) is 45.6 Å². The van der Waals surface area contributed by atoms with E-state index in [0.29, 0.717) is 29.2 Å². The molecular weight excluding hydrogens is 400 g/mol. The minimum absolute atomic E-state index is 0.0246. The molecule has 3 aliphatic rings. The van der Waals surface area contributed by atoms with Crippen LogP contribution in [-0.2, 0) is 11.2 Å². The van der Waals surface area contributed by atoms with Gasteiger partial charge < -0.3 is 10.0 Å². The predicted molar refractivity (Wildman–Crippen MR) is 123 cm³/mol. The number of benzene rings is 1. The van der Waals surface area contributed by atoms with Crippen molar-refractivity contribution in [1.29, 1.82) is 5.26 Å². The highest BCUT2D eigenvalue weighted by Gasteiger charge is 2.57. The number of carbonyl (C=O) groups excluding carboxylic acids is 1. The fraction of sp³-hybridized carbons (Fsp3) is 0.667. The molecule has 1 N–H and O–H groups in total. The number of carboxylic acid groups (broad SMARTS) is 1. The maximum Gasteiger partial charge on any atom is 0.337 e. The number of carbonyl (C=O) groups is 2. The number of aromatic carboxylic acids is 1. The summed E-state index contributed by atoms with van der Waals surface area (Å²) in [5.74, 6) is 0.768. The van der Waals surface area contributed by atoms with E-state index in [1.807, 2.05) is 6.07 Å². The summed E-state index contributed by atoms with van der Waals surface area (Å²) in [5, 5.41) is 19.2. The molecule has 0 unspecified atom stereocenters. The van der Waals surface area contributed by atoms with E-state index in [9.17, 15) is 20.0 Å². The molecule has 0 heterocycles. The topological polar surface area (TPSA) is 81.4 Å². The fourth-order valence-electron chi connectivity index (χ4n) is 7.66. The zero-order chi connectivity index (χ0) is 23.4. The van der Waals surface area contributed by atoms with Crippen LogP contribution in [0.2, 0.25) is 0 Å². The number of nitrogens with zero attached hydrogens (tertiary/aromatic N) is 2. The van der Waals surface area contributed by atoms with Crippen LogP contribution >= 0.6 is 0 Å². The molecular formula is C27H36N2O3. The molecule has 2 fully saturated rings.